The molecule has 3 heteroatoms. The first-order chi connectivity index (χ1) is 8.25. The van der Waals surface area contributed by atoms with Gasteiger partial charge in [-0.2, -0.15) is 0 Å². The molecule has 1 unspecified atom stereocenters. The van der Waals surface area contributed by atoms with Crippen molar-refractivity contribution >= 4 is 27.7 Å². The van der Waals surface area contributed by atoms with E-state index in [1.165, 1.54) is 37.0 Å². The standard InChI is InChI=1S/C14H19BrOS/c15-12-6-8-13(9-7-12)17-10-14(16)11-4-2-1-3-5-11/h6-9,11,14,16H,1-5,10H2. The molecule has 17 heavy (non-hydrogen) atoms. The molecule has 0 aromatic heterocycles. The lowest BCUT2D eigenvalue weighted by molar-refractivity contribution is 0.105. The van der Waals surface area contributed by atoms with Gasteiger partial charge in [0.1, 0.15) is 0 Å². The molecule has 1 fully saturated rings. The Bertz CT molecular complexity index is 333. The van der Waals surface area contributed by atoms with Crippen LogP contribution in [0.3, 0.4) is 0 Å². The molecule has 0 heterocycles. The molecular weight excluding hydrogens is 296 g/mol. The van der Waals surface area contributed by atoms with E-state index in [-0.39, 0.29) is 6.10 Å². The Balaban J connectivity index is 1.78. The van der Waals surface area contributed by atoms with Crippen LogP contribution in [0, 0.1) is 5.92 Å². The third-order valence-electron chi connectivity index (χ3n) is 3.43. The minimum atomic E-state index is -0.135. The first-order valence-corrected chi connectivity index (χ1v) is 8.10. The van der Waals surface area contributed by atoms with Gasteiger partial charge < -0.3 is 5.11 Å². The molecule has 0 radical (unpaired) electrons. The van der Waals surface area contributed by atoms with Crippen LogP contribution in [0.15, 0.2) is 33.6 Å². The predicted octanol–water partition coefficient (Wildman–Crippen LogP) is 4.48. The SMILES string of the molecule is OC(CSc1ccc(Br)cc1)C1CCCCC1. The highest BCUT2D eigenvalue weighted by Crippen LogP contribution is 2.30. The van der Waals surface area contributed by atoms with Gasteiger partial charge in [-0.15, -0.1) is 11.8 Å². The van der Waals surface area contributed by atoms with Crippen molar-refractivity contribution in [1.82, 2.24) is 0 Å². The lowest BCUT2D eigenvalue weighted by Crippen LogP contribution is -2.24. The summed E-state index contributed by atoms with van der Waals surface area (Å²) in [6.07, 6.45) is 6.23. The summed E-state index contributed by atoms with van der Waals surface area (Å²) in [4.78, 5) is 1.24. The highest BCUT2D eigenvalue weighted by atomic mass is 79.9. The van der Waals surface area contributed by atoms with Gasteiger partial charge in [-0.25, -0.2) is 0 Å². The second-order valence-corrected chi connectivity index (χ2v) is 6.74. The van der Waals surface area contributed by atoms with E-state index in [2.05, 4.69) is 40.2 Å². The van der Waals surface area contributed by atoms with Crippen LogP contribution in [-0.2, 0) is 0 Å². The van der Waals surface area contributed by atoms with Crippen LogP contribution in [0.1, 0.15) is 32.1 Å². The van der Waals surface area contributed by atoms with Crippen LogP contribution in [0.2, 0.25) is 0 Å². The zero-order valence-corrected chi connectivity index (χ0v) is 12.3. The van der Waals surface area contributed by atoms with E-state index in [9.17, 15) is 5.11 Å². The fourth-order valence-electron chi connectivity index (χ4n) is 2.37. The maximum Gasteiger partial charge on any atom is 0.0662 e. The summed E-state index contributed by atoms with van der Waals surface area (Å²) >= 11 is 5.19. The van der Waals surface area contributed by atoms with Gasteiger partial charge in [0, 0.05) is 15.1 Å². The summed E-state index contributed by atoms with van der Waals surface area (Å²) in [6, 6.07) is 8.30. The minimum absolute atomic E-state index is 0.135. The average Bonchev–Trinajstić information content (AvgIpc) is 2.39. The Morgan fingerprint density at radius 3 is 2.47 bits per heavy atom. The first kappa shape index (κ1) is 13.4. The number of hydrogen-bond acceptors (Lipinski definition) is 2. The van der Waals surface area contributed by atoms with Gasteiger partial charge in [0.25, 0.3) is 0 Å². The summed E-state index contributed by atoms with van der Waals surface area (Å²) in [5.41, 5.74) is 0. The van der Waals surface area contributed by atoms with Gasteiger partial charge in [0.2, 0.25) is 0 Å². The lowest BCUT2D eigenvalue weighted by Gasteiger charge is -2.26. The molecule has 94 valence electrons. The number of aliphatic hydroxyl groups is 1. The Hall–Kier alpha value is 0.01000. The number of thioether (sulfide) groups is 1. The molecule has 1 nitrogen and oxygen atoms in total. The zero-order chi connectivity index (χ0) is 12.1. The second-order valence-electron chi connectivity index (χ2n) is 4.73. The maximum absolute atomic E-state index is 10.2. The quantitative estimate of drug-likeness (QED) is 0.827. The number of benzene rings is 1. The van der Waals surface area contributed by atoms with Crippen molar-refractivity contribution in [1.29, 1.82) is 0 Å². The maximum atomic E-state index is 10.2. The van der Waals surface area contributed by atoms with E-state index in [1.54, 1.807) is 11.8 Å². The summed E-state index contributed by atoms with van der Waals surface area (Å²) in [5.74, 6) is 1.36. The average molecular weight is 315 g/mol. The van der Waals surface area contributed by atoms with E-state index < -0.39 is 0 Å². The Kier molecular flexibility index (Phi) is 5.39. The van der Waals surface area contributed by atoms with Crippen LogP contribution < -0.4 is 0 Å². The summed E-state index contributed by atoms with van der Waals surface area (Å²) in [5, 5.41) is 10.2. The molecule has 1 saturated carbocycles. The van der Waals surface area contributed by atoms with Crippen LogP contribution in [0.25, 0.3) is 0 Å². The summed E-state index contributed by atoms with van der Waals surface area (Å²) in [6.45, 7) is 0. The van der Waals surface area contributed by atoms with Crippen molar-refractivity contribution in [3.05, 3.63) is 28.7 Å². The summed E-state index contributed by atoms with van der Waals surface area (Å²) < 4.78 is 1.11. The van der Waals surface area contributed by atoms with E-state index in [1.807, 2.05) is 0 Å². The van der Waals surface area contributed by atoms with Crippen LogP contribution in [0.5, 0.6) is 0 Å². The molecule has 1 aromatic rings. The highest BCUT2D eigenvalue weighted by molar-refractivity contribution is 9.10. The van der Waals surface area contributed by atoms with E-state index in [0.29, 0.717) is 5.92 Å². The molecule has 1 aliphatic rings. The molecular formula is C14H19BrOS. The van der Waals surface area contributed by atoms with Crippen molar-refractivity contribution in [2.24, 2.45) is 5.92 Å². The van der Waals surface area contributed by atoms with Gasteiger partial charge in [0.05, 0.1) is 6.10 Å². The summed E-state index contributed by atoms with van der Waals surface area (Å²) in [7, 11) is 0. The van der Waals surface area contributed by atoms with E-state index in [0.717, 1.165) is 10.2 Å². The normalized spacial score (nSPS) is 19.2. The number of halogens is 1. The molecule has 0 saturated heterocycles. The fraction of sp³-hybridized carbons (Fsp3) is 0.571. The number of hydrogen-bond donors (Lipinski definition) is 1. The molecule has 0 aliphatic heterocycles. The lowest BCUT2D eigenvalue weighted by atomic mass is 9.86. The Labute approximate surface area is 116 Å². The van der Waals surface area contributed by atoms with Gasteiger partial charge in [-0.3, -0.25) is 0 Å². The number of aliphatic hydroxyl groups excluding tert-OH is 1. The largest absolute Gasteiger partial charge is 0.392 e. The third kappa shape index (κ3) is 4.31. The van der Waals surface area contributed by atoms with Crippen molar-refractivity contribution < 1.29 is 5.11 Å². The van der Waals surface area contributed by atoms with Gasteiger partial charge >= 0.3 is 0 Å². The van der Waals surface area contributed by atoms with Crippen molar-refractivity contribution in [2.45, 2.75) is 43.1 Å². The second kappa shape index (κ2) is 6.81. The van der Waals surface area contributed by atoms with Gasteiger partial charge in [0.15, 0.2) is 0 Å². The molecule has 0 bridgehead atoms. The fourth-order valence-corrected chi connectivity index (χ4v) is 3.60. The molecule has 1 aromatic carbocycles. The smallest absolute Gasteiger partial charge is 0.0662 e. The van der Waals surface area contributed by atoms with Crippen molar-refractivity contribution in [2.75, 3.05) is 5.75 Å². The molecule has 2 rings (SSSR count). The number of rotatable bonds is 4. The topological polar surface area (TPSA) is 20.2 Å². The molecule has 0 amide bonds. The highest BCUT2D eigenvalue weighted by Gasteiger charge is 2.21. The van der Waals surface area contributed by atoms with Crippen molar-refractivity contribution in [3.8, 4) is 0 Å². The monoisotopic (exact) mass is 314 g/mol. The molecule has 1 atom stereocenters. The zero-order valence-electron chi connectivity index (χ0n) is 9.94. The van der Waals surface area contributed by atoms with Crippen LogP contribution >= 0.6 is 27.7 Å². The Morgan fingerprint density at radius 1 is 1.18 bits per heavy atom. The first-order valence-electron chi connectivity index (χ1n) is 6.32. The van der Waals surface area contributed by atoms with Gasteiger partial charge in [-0.1, -0.05) is 35.2 Å². The molecule has 1 aliphatic carbocycles. The van der Waals surface area contributed by atoms with Crippen LogP contribution in [-0.4, -0.2) is 17.0 Å². The van der Waals surface area contributed by atoms with Gasteiger partial charge in [-0.05, 0) is 43.0 Å². The predicted molar refractivity (Wildman–Crippen MR) is 77.4 cm³/mol. The van der Waals surface area contributed by atoms with E-state index in [4.69, 9.17) is 0 Å². The van der Waals surface area contributed by atoms with Crippen molar-refractivity contribution in [3.63, 3.8) is 0 Å². The van der Waals surface area contributed by atoms with E-state index >= 15 is 0 Å². The van der Waals surface area contributed by atoms with Crippen LogP contribution in [0.4, 0.5) is 0 Å². The molecule has 0 spiro atoms. The molecule has 1 N–H and O–H groups in total. The third-order valence-corrected chi connectivity index (χ3v) is 5.07. The minimum Gasteiger partial charge on any atom is -0.392 e. The Morgan fingerprint density at radius 2 is 1.82 bits per heavy atom.